The summed E-state index contributed by atoms with van der Waals surface area (Å²) in [6.45, 7) is 3.82. The Kier molecular flexibility index (Phi) is 6.23. The van der Waals surface area contributed by atoms with Gasteiger partial charge in [0.25, 0.3) is 5.91 Å². The minimum Gasteiger partial charge on any atom is -0.394 e. The molecule has 1 heterocycles. The minimum absolute atomic E-state index is 0.0939. The normalized spacial score (nSPS) is 21.2. The van der Waals surface area contributed by atoms with Crippen LogP contribution in [0.1, 0.15) is 49.9 Å². The summed E-state index contributed by atoms with van der Waals surface area (Å²) in [7, 11) is 0. The van der Waals surface area contributed by atoms with E-state index in [1.807, 2.05) is 19.9 Å². The second kappa shape index (κ2) is 8.63. The Morgan fingerprint density at radius 1 is 1.26 bits per heavy atom. The SMILES string of the molecule is CC(C)[C@@H](CO)NC(=O)c1ccc2cnc(NC3CCC(O)CC3)nc2c1. The summed E-state index contributed by atoms with van der Waals surface area (Å²) in [6.07, 6.45) is 4.91. The smallest absolute Gasteiger partial charge is 0.251 e. The first-order chi connectivity index (χ1) is 13.0. The number of aromatic nitrogens is 2. The largest absolute Gasteiger partial charge is 0.394 e. The van der Waals surface area contributed by atoms with E-state index in [0.29, 0.717) is 17.0 Å². The fraction of sp³-hybridized carbons (Fsp3) is 0.550. The summed E-state index contributed by atoms with van der Waals surface area (Å²) in [4.78, 5) is 21.4. The van der Waals surface area contributed by atoms with Crippen LogP contribution in [0.4, 0.5) is 5.95 Å². The molecule has 7 heteroatoms. The van der Waals surface area contributed by atoms with Gasteiger partial charge in [0.2, 0.25) is 5.95 Å². The van der Waals surface area contributed by atoms with Crippen LogP contribution in [0, 0.1) is 5.92 Å². The molecule has 0 spiro atoms. The van der Waals surface area contributed by atoms with E-state index in [9.17, 15) is 15.0 Å². The molecule has 0 aliphatic heterocycles. The third-order valence-electron chi connectivity index (χ3n) is 5.19. The van der Waals surface area contributed by atoms with E-state index in [1.165, 1.54) is 0 Å². The highest BCUT2D eigenvalue weighted by atomic mass is 16.3. The highest BCUT2D eigenvalue weighted by molar-refractivity contribution is 5.98. The van der Waals surface area contributed by atoms with Crippen molar-refractivity contribution in [1.29, 1.82) is 0 Å². The van der Waals surface area contributed by atoms with Gasteiger partial charge in [-0.05, 0) is 43.7 Å². The predicted molar refractivity (Wildman–Crippen MR) is 105 cm³/mol. The standard InChI is InChI=1S/C20H28N4O3/c1-12(2)18(11-25)23-19(27)13-3-4-14-10-21-20(24-17(14)9-13)22-15-5-7-16(26)8-6-15/h3-4,9-10,12,15-16,18,25-26H,5-8,11H2,1-2H3,(H,23,27)(H,21,22,24)/t15?,16?,18-/m1/s1. The van der Waals surface area contributed by atoms with Crippen molar-refractivity contribution >= 4 is 22.8 Å². The topological polar surface area (TPSA) is 107 Å². The van der Waals surface area contributed by atoms with Crippen LogP contribution in [-0.2, 0) is 0 Å². The Balaban J connectivity index is 1.74. The van der Waals surface area contributed by atoms with Crippen LogP contribution in [0.3, 0.4) is 0 Å². The van der Waals surface area contributed by atoms with Gasteiger partial charge in [-0.3, -0.25) is 4.79 Å². The zero-order valence-electron chi connectivity index (χ0n) is 15.9. The van der Waals surface area contributed by atoms with Crippen LogP contribution in [0.5, 0.6) is 0 Å². The Bertz CT molecular complexity index is 788. The predicted octanol–water partition coefficient (Wildman–Crippen LogP) is 2.09. The lowest BCUT2D eigenvalue weighted by molar-refractivity contribution is 0.0897. The van der Waals surface area contributed by atoms with E-state index in [1.54, 1.807) is 18.3 Å². The first-order valence-corrected chi connectivity index (χ1v) is 9.59. The molecule has 0 unspecified atom stereocenters. The van der Waals surface area contributed by atoms with Crippen molar-refractivity contribution < 1.29 is 15.0 Å². The monoisotopic (exact) mass is 372 g/mol. The fourth-order valence-corrected chi connectivity index (χ4v) is 3.31. The lowest BCUT2D eigenvalue weighted by Crippen LogP contribution is -2.41. The Morgan fingerprint density at radius 2 is 2.00 bits per heavy atom. The summed E-state index contributed by atoms with van der Waals surface area (Å²) in [5.41, 5.74) is 1.20. The van der Waals surface area contributed by atoms with Gasteiger partial charge in [0.1, 0.15) is 0 Å². The van der Waals surface area contributed by atoms with Crippen molar-refractivity contribution in [3.63, 3.8) is 0 Å². The highest BCUT2D eigenvalue weighted by Crippen LogP contribution is 2.22. The number of carbonyl (C=O) groups excluding carboxylic acids is 1. The van der Waals surface area contributed by atoms with Crippen molar-refractivity contribution in [3.8, 4) is 0 Å². The number of nitrogens with one attached hydrogen (secondary N) is 2. The van der Waals surface area contributed by atoms with Crippen molar-refractivity contribution in [2.75, 3.05) is 11.9 Å². The van der Waals surface area contributed by atoms with Crippen LogP contribution >= 0.6 is 0 Å². The molecule has 0 radical (unpaired) electrons. The maximum Gasteiger partial charge on any atom is 0.251 e. The number of aliphatic hydroxyl groups excluding tert-OH is 2. The van der Waals surface area contributed by atoms with E-state index in [-0.39, 0.29) is 36.6 Å². The number of nitrogens with zero attached hydrogens (tertiary/aromatic N) is 2. The van der Waals surface area contributed by atoms with Crippen molar-refractivity contribution in [2.45, 2.75) is 57.7 Å². The molecule has 1 fully saturated rings. The maximum atomic E-state index is 12.5. The molecule has 2 aromatic rings. The third-order valence-corrected chi connectivity index (χ3v) is 5.19. The van der Waals surface area contributed by atoms with Crippen LogP contribution < -0.4 is 10.6 Å². The number of anilines is 1. The molecule has 1 amide bonds. The number of hydrogen-bond donors (Lipinski definition) is 4. The minimum atomic E-state index is -0.280. The van der Waals surface area contributed by atoms with Gasteiger partial charge in [-0.15, -0.1) is 0 Å². The molecule has 1 aliphatic carbocycles. The molecule has 7 nitrogen and oxygen atoms in total. The summed E-state index contributed by atoms with van der Waals surface area (Å²) >= 11 is 0. The molecular formula is C20H28N4O3. The lowest BCUT2D eigenvalue weighted by atomic mass is 9.93. The number of amides is 1. The molecule has 0 saturated heterocycles. The third kappa shape index (κ3) is 4.93. The van der Waals surface area contributed by atoms with Crippen molar-refractivity contribution in [1.82, 2.24) is 15.3 Å². The van der Waals surface area contributed by atoms with Gasteiger partial charge >= 0.3 is 0 Å². The first-order valence-electron chi connectivity index (χ1n) is 9.59. The Morgan fingerprint density at radius 3 is 2.67 bits per heavy atom. The highest BCUT2D eigenvalue weighted by Gasteiger charge is 2.20. The van der Waals surface area contributed by atoms with Gasteiger partial charge in [-0.1, -0.05) is 19.9 Å². The first kappa shape index (κ1) is 19.5. The maximum absolute atomic E-state index is 12.5. The lowest BCUT2D eigenvalue weighted by Gasteiger charge is -2.26. The molecule has 3 rings (SSSR count). The molecule has 1 saturated carbocycles. The van der Waals surface area contributed by atoms with Crippen LogP contribution in [0.15, 0.2) is 24.4 Å². The summed E-state index contributed by atoms with van der Waals surface area (Å²) in [5, 5.41) is 26.1. The van der Waals surface area contributed by atoms with Gasteiger partial charge in [0, 0.05) is 23.2 Å². The number of benzene rings is 1. The molecule has 1 aromatic carbocycles. The quantitative estimate of drug-likeness (QED) is 0.618. The average molecular weight is 372 g/mol. The number of carbonyl (C=O) groups is 1. The molecule has 4 N–H and O–H groups in total. The van der Waals surface area contributed by atoms with Crippen LogP contribution in [0.25, 0.3) is 10.9 Å². The van der Waals surface area contributed by atoms with E-state index in [0.717, 1.165) is 31.1 Å². The van der Waals surface area contributed by atoms with Crippen molar-refractivity contribution in [3.05, 3.63) is 30.0 Å². The summed E-state index contributed by atoms with van der Waals surface area (Å²) < 4.78 is 0. The molecule has 1 atom stereocenters. The number of rotatable bonds is 6. The van der Waals surface area contributed by atoms with Gasteiger partial charge in [-0.2, -0.15) is 0 Å². The molecule has 146 valence electrons. The molecule has 27 heavy (non-hydrogen) atoms. The zero-order chi connectivity index (χ0) is 19.4. The van der Waals surface area contributed by atoms with Crippen molar-refractivity contribution in [2.24, 2.45) is 5.92 Å². The average Bonchev–Trinajstić information content (AvgIpc) is 2.67. The number of hydrogen-bond acceptors (Lipinski definition) is 6. The molecular weight excluding hydrogens is 344 g/mol. The van der Waals surface area contributed by atoms with Gasteiger partial charge in [0.05, 0.1) is 24.3 Å². The Hall–Kier alpha value is -2.25. The second-order valence-electron chi connectivity index (χ2n) is 7.62. The second-order valence-corrected chi connectivity index (χ2v) is 7.62. The number of fused-ring (bicyclic) bond motifs is 1. The summed E-state index contributed by atoms with van der Waals surface area (Å²) in [6, 6.07) is 5.29. The van der Waals surface area contributed by atoms with Crippen LogP contribution in [-0.4, -0.2) is 50.9 Å². The molecule has 1 aromatic heterocycles. The molecule has 1 aliphatic rings. The van der Waals surface area contributed by atoms with Gasteiger partial charge in [0.15, 0.2) is 0 Å². The summed E-state index contributed by atoms with van der Waals surface area (Å²) in [5.74, 6) is 0.461. The van der Waals surface area contributed by atoms with E-state index < -0.39 is 0 Å². The number of aliphatic hydroxyl groups is 2. The fourth-order valence-electron chi connectivity index (χ4n) is 3.31. The molecule has 0 bridgehead atoms. The van der Waals surface area contributed by atoms with E-state index >= 15 is 0 Å². The van der Waals surface area contributed by atoms with Gasteiger partial charge < -0.3 is 20.8 Å². The Labute approximate surface area is 159 Å². The van der Waals surface area contributed by atoms with E-state index in [2.05, 4.69) is 20.6 Å². The van der Waals surface area contributed by atoms with Gasteiger partial charge in [-0.25, -0.2) is 9.97 Å². The zero-order valence-corrected chi connectivity index (χ0v) is 15.9. The van der Waals surface area contributed by atoms with Crippen LogP contribution in [0.2, 0.25) is 0 Å². The van der Waals surface area contributed by atoms with E-state index in [4.69, 9.17) is 0 Å².